The van der Waals surface area contributed by atoms with Crippen molar-refractivity contribution in [1.29, 1.82) is 0 Å². The Hall–Kier alpha value is -1.98. The third-order valence-corrected chi connectivity index (χ3v) is 2.43. The van der Waals surface area contributed by atoms with E-state index in [4.69, 9.17) is 9.47 Å². The van der Waals surface area contributed by atoms with Crippen LogP contribution in [0.25, 0.3) is 0 Å². The molecule has 23 heavy (non-hydrogen) atoms. The summed E-state index contributed by atoms with van der Waals surface area (Å²) < 4.78 is 10.8. The molecule has 1 rings (SSSR count). The molecule has 1 atom stereocenters. The molecular formula is C21H32O2. The molecule has 0 N–H and O–H groups in total. The van der Waals surface area contributed by atoms with E-state index in [2.05, 4.69) is 11.8 Å². The summed E-state index contributed by atoms with van der Waals surface area (Å²) in [7, 11) is 1.68. The average molecular weight is 316 g/mol. The zero-order valence-corrected chi connectivity index (χ0v) is 15.7. The summed E-state index contributed by atoms with van der Waals surface area (Å²) in [5.74, 6) is 6.71. The lowest BCUT2D eigenvalue weighted by molar-refractivity contribution is 0.177. The highest BCUT2D eigenvalue weighted by Gasteiger charge is 2.00. The van der Waals surface area contributed by atoms with Gasteiger partial charge in [-0.05, 0) is 43.7 Å². The minimum Gasteiger partial charge on any atom is -0.481 e. The van der Waals surface area contributed by atoms with E-state index in [0.29, 0.717) is 6.61 Å². The van der Waals surface area contributed by atoms with Gasteiger partial charge in [-0.25, -0.2) is 0 Å². The zero-order chi connectivity index (χ0) is 17.9. The molecule has 0 aromatic heterocycles. The Morgan fingerprint density at radius 2 is 1.91 bits per heavy atom. The molecular weight excluding hydrogens is 284 g/mol. The normalized spacial score (nSPS) is 16.0. The highest BCUT2D eigenvalue weighted by atomic mass is 16.5. The van der Waals surface area contributed by atoms with Crippen LogP contribution in [0.5, 0.6) is 0 Å². The molecule has 0 spiro atoms. The lowest BCUT2D eigenvalue weighted by atomic mass is 10.2. The molecule has 0 aromatic rings. The Bertz CT molecular complexity index is 480. The minimum absolute atomic E-state index is 0.00912. The molecule has 0 aliphatic heterocycles. The fourth-order valence-electron chi connectivity index (χ4n) is 1.46. The van der Waals surface area contributed by atoms with Crippen LogP contribution in [0, 0.1) is 11.8 Å². The van der Waals surface area contributed by atoms with Gasteiger partial charge in [0.05, 0.1) is 6.10 Å². The van der Waals surface area contributed by atoms with Gasteiger partial charge in [0, 0.05) is 7.11 Å². The van der Waals surface area contributed by atoms with Gasteiger partial charge < -0.3 is 9.47 Å². The van der Waals surface area contributed by atoms with Gasteiger partial charge in [-0.3, -0.25) is 0 Å². The largest absolute Gasteiger partial charge is 0.481 e. The van der Waals surface area contributed by atoms with E-state index in [9.17, 15) is 0 Å². The van der Waals surface area contributed by atoms with E-state index in [1.165, 1.54) is 0 Å². The maximum atomic E-state index is 5.54. The van der Waals surface area contributed by atoms with E-state index < -0.39 is 0 Å². The highest BCUT2D eigenvalue weighted by Crippen LogP contribution is 2.08. The first-order valence-corrected chi connectivity index (χ1v) is 8.26. The van der Waals surface area contributed by atoms with Gasteiger partial charge in [0.1, 0.15) is 12.4 Å². The number of hydrogen-bond donors (Lipinski definition) is 0. The quantitative estimate of drug-likeness (QED) is 0.496. The van der Waals surface area contributed by atoms with Crippen molar-refractivity contribution in [2.75, 3.05) is 13.7 Å². The Morgan fingerprint density at radius 1 is 1.22 bits per heavy atom. The van der Waals surface area contributed by atoms with Crippen LogP contribution in [0.2, 0.25) is 0 Å². The number of allylic oxidation sites excluding steroid dienone is 7. The molecule has 0 amide bonds. The van der Waals surface area contributed by atoms with Crippen molar-refractivity contribution in [1.82, 2.24) is 0 Å². The maximum absolute atomic E-state index is 5.54. The second kappa shape index (κ2) is 18.1. The van der Waals surface area contributed by atoms with Gasteiger partial charge in [0.25, 0.3) is 0 Å². The van der Waals surface area contributed by atoms with E-state index in [1.54, 1.807) is 7.11 Å². The SMILES string of the molecule is C/C=C\C(C)=C/C#CCOC1=CC=CC(OC)C=C1.CC.CC. The maximum Gasteiger partial charge on any atom is 0.149 e. The number of ether oxygens (including phenoxy) is 2. The number of hydrogen-bond acceptors (Lipinski definition) is 2. The Kier molecular flexibility index (Phi) is 18.3. The Balaban J connectivity index is 0. The minimum atomic E-state index is 0.00912. The first kappa shape index (κ1) is 23.3. The smallest absolute Gasteiger partial charge is 0.149 e. The average Bonchev–Trinajstić information content (AvgIpc) is 2.83. The summed E-state index contributed by atoms with van der Waals surface area (Å²) in [6.07, 6.45) is 15.5. The van der Waals surface area contributed by atoms with Crippen LogP contribution in [0.15, 0.2) is 59.9 Å². The first-order valence-electron chi connectivity index (χ1n) is 8.26. The Labute approximate surface area is 143 Å². The summed E-state index contributed by atoms with van der Waals surface area (Å²) in [6, 6.07) is 0. The van der Waals surface area contributed by atoms with Crippen molar-refractivity contribution in [3.63, 3.8) is 0 Å². The van der Waals surface area contributed by atoms with Crippen molar-refractivity contribution >= 4 is 0 Å². The number of methoxy groups -OCH3 is 1. The molecule has 1 aliphatic carbocycles. The third-order valence-electron chi connectivity index (χ3n) is 2.43. The third kappa shape index (κ3) is 13.4. The van der Waals surface area contributed by atoms with Gasteiger partial charge in [0.2, 0.25) is 0 Å². The van der Waals surface area contributed by atoms with E-state index >= 15 is 0 Å². The summed E-state index contributed by atoms with van der Waals surface area (Å²) in [5.41, 5.74) is 1.13. The molecule has 2 heteroatoms. The monoisotopic (exact) mass is 316 g/mol. The molecule has 0 saturated carbocycles. The lowest BCUT2D eigenvalue weighted by Crippen LogP contribution is -2.00. The lowest BCUT2D eigenvalue weighted by Gasteiger charge is -2.03. The molecule has 1 unspecified atom stereocenters. The second-order valence-electron chi connectivity index (χ2n) is 4.01. The summed E-state index contributed by atoms with van der Waals surface area (Å²) in [6.45, 7) is 12.4. The van der Waals surface area contributed by atoms with Crippen LogP contribution in [0.3, 0.4) is 0 Å². The molecule has 128 valence electrons. The van der Waals surface area contributed by atoms with Crippen molar-refractivity contribution in [2.24, 2.45) is 0 Å². The summed E-state index contributed by atoms with van der Waals surface area (Å²) >= 11 is 0. The second-order valence-corrected chi connectivity index (χ2v) is 4.01. The van der Waals surface area contributed by atoms with Gasteiger partial charge in [-0.2, -0.15) is 0 Å². The van der Waals surface area contributed by atoms with Crippen molar-refractivity contribution in [2.45, 2.75) is 47.6 Å². The summed E-state index contributed by atoms with van der Waals surface area (Å²) in [4.78, 5) is 0. The van der Waals surface area contributed by atoms with E-state index in [1.807, 2.05) is 90.2 Å². The molecule has 0 heterocycles. The topological polar surface area (TPSA) is 18.5 Å². The molecule has 0 bridgehead atoms. The van der Waals surface area contributed by atoms with Crippen LogP contribution in [-0.4, -0.2) is 19.8 Å². The molecule has 1 aliphatic rings. The molecule has 0 aromatic carbocycles. The van der Waals surface area contributed by atoms with Gasteiger partial charge in [-0.1, -0.05) is 63.8 Å². The fourth-order valence-corrected chi connectivity index (χ4v) is 1.46. The van der Waals surface area contributed by atoms with Crippen LogP contribution >= 0.6 is 0 Å². The standard InChI is InChI=1S/C17H20O2.2C2H6/c1-4-8-15(2)9-5-6-14-19-17-11-7-10-16(18-3)12-13-17;2*1-2/h4,7-13,16H,14H2,1-3H3;2*1-2H3/b8-4-,15-9-;;. The molecule has 0 fully saturated rings. The van der Waals surface area contributed by atoms with Crippen molar-refractivity contribution < 1.29 is 9.47 Å². The van der Waals surface area contributed by atoms with Crippen LogP contribution in [-0.2, 0) is 9.47 Å². The molecule has 0 radical (unpaired) electrons. The van der Waals surface area contributed by atoms with Crippen LogP contribution in [0.4, 0.5) is 0 Å². The summed E-state index contributed by atoms with van der Waals surface area (Å²) in [5, 5.41) is 0. The van der Waals surface area contributed by atoms with E-state index in [-0.39, 0.29) is 6.10 Å². The predicted molar refractivity (Wildman–Crippen MR) is 102 cm³/mol. The highest BCUT2D eigenvalue weighted by molar-refractivity contribution is 5.28. The van der Waals surface area contributed by atoms with E-state index in [0.717, 1.165) is 11.3 Å². The van der Waals surface area contributed by atoms with Crippen LogP contribution < -0.4 is 0 Å². The Morgan fingerprint density at radius 3 is 2.52 bits per heavy atom. The predicted octanol–water partition coefficient (Wildman–Crippen LogP) is 5.61. The zero-order valence-electron chi connectivity index (χ0n) is 15.7. The number of rotatable bonds is 4. The molecule has 2 nitrogen and oxygen atoms in total. The van der Waals surface area contributed by atoms with Crippen molar-refractivity contribution in [3.05, 3.63) is 59.9 Å². The van der Waals surface area contributed by atoms with Crippen molar-refractivity contribution in [3.8, 4) is 11.8 Å². The first-order chi connectivity index (χ1) is 11.3. The van der Waals surface area contributed by atoms with Gasteiger partial charge in [-0.15, -0.1) is 0 Å². The van der Waals surface area contributed by atoms with Gasteiger partial charge >= 0.3 is 0 Å². The van der Waals surface area contributed by atoms with Gasteiger partial charge in [0.15, 0.2) is 0 Å². The molecule has 0 saturated heterocycles. The van der Waals surface area contributed by atoms with Crippen LogP contribution in [0.1, 0.15) is 41.5 Å². The fraction of sp³-hybridized carbons (Fsp3) is 0.429.